The Kier molecular flexibility index (Phi) is 5.24. The van der Waals surface area contributed by atoms with Crippen LogP contribution in [-0.2, 0) is 15.8 Å². The summed E-state index contributed by atoms with van der Waals surface area (Å²) in [4.78, 5) is 0. The molecule has 0 heterocycles. The molecule has 6 heteroatoms. The summed E-state index contributed by atoms with van der Waals surface area (Å²) >= 11 is 0. The molecule has 0 saturated carbocycles. The summed E-state index contributed by atoms with van der Waals surface area (Å²) in [5.74, 6) is 0.252. The number of hydrogen-bond donors (Lipinski definition) is 1. The molecule has 0 aliphatic carbocycles. The predicted octanol–water partition coefficient (Wildman–Crippen LogP) is 3.21. The van der Waals surface area contributed by atoms with Crippen LogP contribution < -0.4 is 9.46 Å². The first kappa shape index (κ1) is 16.8. The van der Waals surface area contributed by atoms with E-state index in [4.69, 9.17) is 10.00 Å². The Labute approximate surface area is 136 Å². The topological polar surface area (TPSA) is 79.2 Å². The van der Waals surface area contributed by atoms with Gasteiger partial charge in [0.15, 0.2) is 0 Å². The van der Waals surface area contributed by atoms with Crippen molar-refractivity contribution in [2.75, 3.05) is 11.3 Å². The van der Waals surface area contributed by atoms with Crippen LogP contribution >= 0.6 is 0 Å². The number of sulfonamides is 1. The van der Waals surface area contributed by atoms with Crippen molar-refractivity contribution in [3.63, 3.8) is 0 Å². The highest BCUT2D eigenvalue weighted by Crippen LogP contribution is 2.24. The predicted molar refractivity (Wildman–Crippen MR) is 89.8 cm³/mol. The van der Waals surface area contributed by atoms with Crippen LogP contribution in [0.4, 0.5) is 5.69 Å². The van der Waals surface area contributed by atoms with E-state index in [0.717, 1.165) is 5.56 Å². The van der Waals surface area contributed by atoms with E-state index in [1.807, 2.05) is 25.1 Å². The molecule has 0 saturated heterocycles. The third-order valence-corrected chi connectivity index (χ3v) is 4.41. The fraction of sp³-hybridized carbons (Fsp3) is 0.235. The monoisotopic (exact) mass is 330 g/mol. The molecule has 2 rings (SSSR count). The number of rotatable bonds is 6. The van der Waals surface area contributed by atoms with E-state index in [1.165, 1.54) is 12.1 Å². The Balaban J connectivity index is 2.18. The van der Waals surface area contributed by atoms with Crippen molar-refractivity contribution >= 4 is 15.7 Å². The van der Waals surface area contributed by atoms with E-state index in [1.54, 1.807) is 25.1 Å². The molecule has 0 bridgehead atoms. The lowest BCUT2D eigenvalue weighted by Crippen LogP contribution is -2.15. The van der Waals surface area contributed by atoms with Crippen LogP contribution in [0, 0.1) is 18.3 Å². The Hall–Kier alpha value is -2.52. The van der Waals surface area contributed by atoms with Gasteiger partial charge in [0.2, 0.25) is 10.0 Å². The van der Waals surface area contributed by atoms with Crippen LogP contribution in [-0.4, -0.2) is 15.0 Å². The normalized spacial score (nSPS) is 10.8. The zero-order valence-corrected chi connectivity index (χ0v) is 13.9. The zero-order chi connectivity index (χ0) is 16.9. The van der Waals surface area contributed by atoms with Crippen LogP contribution in [0.3, 0.4) is 0 Å². The van der Waals surface area contributed by atoms with Crippen LogP contribution in [0.1, 0.15) is 23.6 Å². The van der Waals surface area contributed by atoms with Crippen molar-refractivity contribution in [2.45, 2.75) is 19.6 Å². The molecule has 0 aromatic heterocycles. The van der Waals surface area contributed by atoms with Gasteiger partial charge in [-0.3, -0.25) is 4.72 Å². The second-order valence-corrected chi connectivity index (χ2v) is 6.82. The summed E-state index contributed by atoms with van der Waals surface area (Å²) in [6, 6.07) is 14.0. The van der Waals surface area contributed by atoms with E-state index < -0.39 is 10.0 Å². The van der Waals surface area contributed by atoms with Gasteiger partial charge in [-0.05, 0) is 31.5 Å². The molecule has 0 unspecified atom stereocenters. The average Bonchev–Trinajstić information content (AvgIpc) is 2.50. The molecule has 1 N–H and O–H groups in total. The first-order valence-electron chi connectivity index (χ1n) is 7.16. The highest BCUT2D eigenvalue weighted by Gasteiger charge is 2.13. The molecule has 5 nitrogen and oxygen atoms in total. The maximum atomic E-state index is 12.3. The van der Waals surface area contributed by atoms with Crippen LogP contribution in [0.15, 0.2) is 42.5 Å². The van der Waals surface area contributed by atoms with Gasteiger partial charge in [0.1, 0.15) is 11.8 Å². The minimum atomic E-state index is -3.54. The summed E-state index contributed by atoms with van der Waals surface area (Å²) in [6.07, 6.45) is 0. The molecule has 0 atom stereocenters. The fourth-order valence-corrected chi connectivity index (χ4v) is 3.26. The van der Waals surface area contributed by atoms with Crippen molar-refractivity contribution in [1.29, 1.82) is 5.26 Å². The van der Waals surface area contributed by atoms with Crippen molar-refractivity contribution in [1.82, 2.24) is 0 Å². The van der Waals surface area contributed by atoms with Crippen molar-refractivity contribution in [3.8, 4) is 11.8 Å². The molecule has 0 aliphatic rings. The van der Waals surface area contributed by atoms with Crippen molar-refractivity contribution in [3.05, 3.63) is 59.2 Å². The summed E-state index contributed by atoms with van der Waals surface area (Å²) in [6.45, 7) is 4.15. The largest absolute Gasteiger partial charge is 0.492 e. The standard InChI is InChI=1S/C17H18N2O3S/c1-3-22-17-10-16(9-8-15(17)11-18)19-23(20,21)12-14-6-4-13(2)5-7-14/h4-10,19H,3,12H2,1-2H3. The smallest absolute Gasteiger partial charge is 0.236 e. The minimum absolute atomic E-state index is 0.114. The SMILES string of the molecule is CCOc1cc(NS(=O)(=O)Cc2ccc(C)cc2)ccc1C#N. The quantitative estimate of drug-likeness (QED) is 0.882. The Morgan fingerprint density at radius 1 is 1.17 bits per heavy atom. The number of aryl methyl sites for hydroxylation is 1. The second kappa shape index (κ2) is 7.16. The van der Waals surface area contributed by atoms with Gasteiger partial charge in [0.25, 0.3) is 0 Å². The Bertz CT molecular complexity index is 822. The lowest BCUT2D eigenvalue weighted by atomic mass is 10.2. The number of ether oxygens (including phenoxy) is 1. The van der Waals surface area contributed by atoms with E-state index in [0.29, 0.717) is 29.2 Å². The lowest BCUT2D eigenvalue weighted by molar-refractivity contribution is 0.339. The van der Waals surface area contributed by atoms with Gasteiger partial charge in [0, 0.05) is 6.07 Å². The molecular weight excluding hydrogens is 312 g/mol. The second-order valence-electron chi connectivity index (χ2n) is 5.10. The number of nitrogens with one attached hydrogen (secondary N) is 1. The first-order valence-corrected chi connectivity index (χ1v) is 8.81. The summed E-state index contributed by atoms with van der Waals surface area (Å²) < 4.78 is 32.4. The molecule has 0 aliphatic heterocycles. The maximum Gasteiger partial charge on any atom is 0.236 e. The van der Waals surface area contributed by atoms with Crippen LogP contribution in [0.5, 0.6) is 5.75 Å². The van der Waals surface area contributed by atoms with E-state index in [2.05, 4.69) is 4.72 Å². The first-order chi connectivity index (χ1) is 10.9. The lowest BCUT2D eigenvalue weighted by Gasteiger charge is -2.11. The van der Waals surface area contributed by atoms with Crippen molar-refractivity contribution in [2.24, 2.45) is 0 Å². The van der Waals surface area contributed by atoms with Gasteiger partial charge in [-0.1, -0.05) is 29.8 Å². The number of benzene rings is 2. The highest BCUT2D eigenvalue weighted by molar-refractivity contribution is 7.91. The maximum absolute atomic E-state index is 12.3. The van der Waals surface area contributed by atoms with Gasteiger partial charge >= 0.3 is 0 Å². The van der Waals surface area contributed by atoms with Gasteiger partial charge in [-0.2, -0.15) is 5.26 Å². The third-order valence-electron chi connectivity index (χ3n) is 3.15. The molecule has 23 heavy (non-hydrogen) atoms. The summed E-state index contributed by atoms with van der Waals surface area (Å²) in [5, 5.41) is 9.02. The Morgan fingerprint density at radius 2 is 1.87 bits per heavy atom. The summed E-state index contributed by atoms with van der Waals surface area (Å²) in [7, 11) is -3.54. The van der Waals surface area contributed by atoms with Gasteiger partial charge < -0.3 is 4.74 Å². The van der Waals surface area contributed by atoms with Crippen LogP contribution in [0.25, 0.3) is 0 Å². The van der Waals surface area contributed by atoms with E-state index in [-0.39, 0.29) is 5.75 Å². The number of hydrogen-bond acceptors (Lipinski definition) is 4. The molecular formula is C17H18N2O3S. The van der Waals surface area contributed by atoms with Gasteiger partial charge in [-0.15, -0.1) is 0 Å². The molecule has 0 amide bonds. The summed E-state index contributed by atoms with van der Waals surface area (Å²) in [5.41, 5.74) is 2.53. The third kappa shape index (κ3) is 4.73. The fourth-order valence-electron chi connectivity index (χ4n) is 2.07. The molecule has 2 aromatic carbocycles. The van der Waals surface area contributed by atoms with Crippen molar-refractivity contribution < 1.29 is 13.2 Å². The molecule has 120 valence electrons. The molecule has 2 aromatic rings. The van der Waals surface area contributed by atoms with E-state index in [9.17, 15) is 8.42 Å². The zero-order valence-electron chi connectivity index (χ0n) is 13.0. The molecule has 0 radical (unpaired) electrons. The number of nitrogens with zero attached hydrogens (tertiary/aromatic N) is 1. The molecule has 0 fully saturated rings. The minimum Gasteiger partial charge on any atom is -0.492 e. The highest BCUT2D eigenvalue weighted by atomic mass is 32.2. The molecule has 0 spiro atoms. The Morgan fingerprint density at radius 3 is 2.48 bits per heavy atom. The van der Waals surface area contributed by atoms with Gasteiger partial charge in [-0.25, -0.2) is 8.42 Å². The van der Waals surface area contributed by atoms with E-state index >= 15 is 0 Å². The average molecular weight is 330 g/mol. The number of anilines is 1. The number of nitriles is 1. The van der Waals surface area contributed by atoms with Gasteiger partial charge in [0.05, 0.1) is 23.6 Å². The van der Waals surface area contributed by atoms with Crippen LogP contribution in [0.2, 0.25) is 0 Å².